The maximum Gasteiger partial charge on any atom is 0.221 e. The van der Waals surface area contributed by atoms with Crippen LogP contribution in [0.15, 0.2) is 6.07 Å². The first-order chi connectivity index (χ1) is 8.43. The molecule has 1 aromatic heterocycles. The highest BCUT2D eigenvalue weighted by Crippen LogP contribution is 2.06. The van der Waals surface area contributed by atoms with Gasteiger partial charge in [0, 0.05) is 31.7 Å². The van der Waals surface area contributed by atoms with E-state index in [1.807, 2.05) is 18.7 Å². The van der Waals surface area contributed by atoms with Crippen molar-refractivity contribution in [3.63, 3.8) is 0 Å². The van der Waals surface area contributed by atoms with Crippen LogP contribution in [-0.2, 0) is 11.3 Å². The summed E-state index contributed by atoms with van der Waals surface area (Å²) in [6.07, 6.45) is 0.536. The van der Waals surface area contributed by atoms with Crippen LogP contribution < -0.4 is 5.32 Å². The zero-order chi connectivity index (χ0) is 13.7. The highest BCUT2D eigenvalue weighted by molar-refractivity contribution is 5.75. The molecule has 0 spiro atoms. The van der Waals surface area contributed by atoms with Crippen molar-refractivity contribution >= 4 is 5.91 Å². The Hall–Kier alpha value is -1.36. The lowest BCUT2D eigenvalue weighted by atomic mass is 10.2. The van der Waals surface area contributed by atoms with Crippen molar-refractivity contribution in [1.29, 1.82) is 0 Å². The summed E-state index contributed by atoms with van der Waals surface area (Å²) in [6.45, 7) is 7.84. The van der Waals surface area contributed by atoms with Gasteiger partial charge >= 0.3 is 0 Å². The molecule has 1 heterocycles. The van der Waals surface area contributed by atoms with E-state index in [-0.39, 0.29) is 5.91 Å². The van der Waals surface area contributed by atoms with Gasteiger partial charge in [-0.3, -0.25) is 9.48 Å². The van der Waals surface area contributed by atoms with Gasteiger partial charge < -0.3 is 10.2 Å². The van der Waals surface area contributed by atoms with Gasteiger partial charge in [-0.2, -0.15) is 5.10 Å². The van der Waals surface area contributed by atoms with E-state index < -0.39 is 0 Å². The Morgan fingerprint density at radius 1 is 1.56 bits per heavy atom. The first-order valence-electron chi connectivity index (χ1n) is 6.36. The lowest BCUT2D eigenvalue weighted by Crippen LogP contribution is -2.36. The lowest BCUT2D eigenvalue weighted by Gasteiger charge is -2.24. The first kappa shape index (κ1) is 14.7. The van der Waals surface area contributed by atoms with Crippen LogP contribution >= 0.6 is 0 Å². The molecule has 0 saturated carbocycles. The molecule has 0 aromatic carbocycles. The monoisotopic (exact) mass is 252 g/mol. The number of likely N-dealkylation sites (N-methyl/N-ethyl adjacent to an activating group) is 1. The van der Waals surface area contributed by atoms with Gasteiger partial charge in [0.15, 0.2) is 0 Å². The Labute approximate surface area is 109 Å². The average Bonchev–Trinajstić information content (AvgIpc) is 2.64. The fourth-order valence-corrected chi connectivity index (χ4v) is 1.87. The molecule has 0 aliphatic rings. The third-order valence-electron chi connectivity index (χ3n) is 3.26. The van der Waals surface area contributed by atoms with Gasteiger partial charge in [0.05, 0.1) is 12.2 Å². The predicted octanol–water partition coefficient (Wildman–Crippen LogP) is 0.956. The van der Waals surface area contributed by atoms with Crippen LogP contribution in [0.25, 0.3) is 0 Å². The van der Waals surface area contributed by atoms with Crippen LogP contribution in [-0.4, -0.2) is 47.3 Å². The molecule has 5 heteroatoms. The van der Waals surface area contributed by atoms with Gasteiger partial charge in [-0.05, 0) is 33.9 Å². The van der Waals surface area contributed by atoms with E-state index in [1.165, 1.54) is 5.69 Å². The first-order valence-corrected chi connectivity index (χ1v) is 6.36. The standard InChI is InChI=1S/C13H24N4O/c1-10-8-11(2)17(15-10)9-12(3)16(5)7-6-13(18)14-4/h8,12H,6-7,9H2,1-5H3,(H,14,18). The van der Waals surface area contributed by atoms with E-state index in [0.717, 1.165) is 18.8 Å². The number of hydrogen-bond acceptors (Lipinski definition) is 3. The molecule has 0 saturated heterocycles. The van der Waals surface area contributed by atoms with Crippen molar-refractivity contribution in [2.75, 3.05) is 20.6 Å². The van der Waals surface area contributed by atoms with Crippen LogP contribution in [0.4, 0.5) is 0 Å². The van der Waals surface area contributed by atoms with Crippen molar-refractivity contribution in [3.8, 4) is 0 Å². The number of nitrogens with one attached hydrogen (secondary N) is 1. The minimum atomic E-state index is 0.0835. The molecule has 1 amide bonds. The summed E-state index contributed by atoms with van der Waals surface area (Å²) >= 11 is 0. The summed E-state index contributed by atoms with van der Waals surface area (Å²) in [5.41, 5.74) is 2.23. The molecule has 102 valence electrons. The molecule has 0 aliphatic carbocycles. The number of aromatic nitrogens is 2. The minimum Gasteiger partial charge on any atom is -0.359 e. The van der Waals surface area contributed by atoms with E-state index in [2.05, 4.69) is 35.2 Å². The Bertz CT molecular complexity index is 400. The summed E-state index contributed by atoms with van der Waals surface area (Å²) in [5, 5.41) is 7.09. The van der Waals surface area contributed by atoms with Crippen molar-refractivity contribution < 1.29 is 4.79 Å². The predicted molar refractivity (Wildman–Crippen MR) is 72.5 cm³/mol. The molecule has 1 rings (SSSR count). The van der Waals surface area contributed by atoms with Crippen LogP contribution in [0.1, 0.15) is 24.7 Å². The van der Waals surface area contributed by atoms with Gasteiger partial charge in [-0.25, -0.2) is 0 Å². The molecule has 0 fully saturated rings. The van der Waals surface area contributed by atoms with Crippen molar-refractivity contribution in [1.82, 2.24) is 20.0 Å². The molecule has 1 N–H and O–H groups in total. The quantitative estimate of drug-likeness (QED) is 0.820. The number of amides is 1. The Kier molecular flexibility index (Phi) is 5.34. The van der Waals surface area contributed by atoms with E-state index in [0.29, 0.717) is 12.5 Å². The van der Waals surface area contributed by atoms with Crippen LogP contribution in [0.2, 0.25) is 0 Å². The summed E-state index contributed by atoms with van der Waals surface area (Å²) < 4.78 is 2.02. The van der Waals surface area contributed by atoms with Gasteiger partial charge in [-0.15, -0.1) is 0 Å². The highest BCUT2D eigenvalue weighted by atomic mass is 16.1. The zero-order valence-electron chi connectivity index (χ0n) is 12.0. The normalized spacial score (nSPS) is 12.8. The summed E-state index contributed by atoms with van der Waals surface area (Å²) in [5.74, 6) is 0.0835. The third-order valence-corrected chi connectivity index (χ3v) is 3.26. The second-order valence-corrected chi connectivity index (χ2v) is 4.86. The molecule has 1 unspecified atom stereocenters. The Morgan fingerprint density at radius 3 is 2.72 bits per heavy atom. The molecule has 0 radical (unpaired) electrons. The molecule has 0 aliphatic heterocycles. The number of nitrogens with zero attached hydrogens (tertiary/aromatic N) is 3. The van der Waals surface area contributed by atoms with Crippen molar-refractivity contribution in [2.24, 2.45) is 0 Å². The topological polar surface area (TPSA) is 50.2 Å². The van der Waals surface area contributed by atoms with Crippen molar-refractivity contribution in [2.45, 2.75) is 39.8 Å². The van der Waals surface area contributed by atoms with E-state index in [9.17, 15) is 4.79 Å². The lowest BCUT2D eigenvalue weighted by molar-refractivity contribution is -0.120. The van der Waals surface area contributed by atoms with Gasteiger partial charge in [0.1, 0.15) is 0 Å². The fourth-order valence-electron chi connectivity index (χ4n) is 1.87. The van der Waals surface area contributed by atoms with Crippen LogP contribution in [0.3, 0.4) is 0 Å². The maximum absolute atomic E-state index is 11.2. The second-order valence-electron chi connectivity index (χ2n) is 4.86. The van der Waals surface area contributed by atoms with Crippen molar-refractivity contribution in [3.05, 3.63) is 17.5 Å². The number of aryl methyl sites for hydroxylation is 2. The highest BCUT2D eigenvalue weighted by Gasteiger charge is 2.12. The molecule has 5 nitrogen and oxygen atoms in total. The molecule has 18 heavy (non-hydrogen) atoms. The van der Waals surface area contributed by atoms with Gasteiger partial charge in [0.25, 0.3) is 0 Å². The third kappa shape index (κ3) is 4.14. The SMILES string of the molecule is CNC(=O)CCN(C)C(C)Cn1nc(C)cc1C. The Balaban J connectivity index is 2.47. The maximum atomic E-state index is 11.2. The Morgan fingerprint density at radius 2 is 2.22 bits per heavy atom. The number of carbonyl (C=O) groups excluding carboxylic acids is 1. The zero-order valence-corrected chi connectivity index (χ0v) is 12.0. The minimum absolute atomic E-state index is 0.0835. The van der Waals surface area contributed by atoms with Crippen LogP contribution in [0, 0.1) is 13.8 Å². The average molecular weight is 252 g/mol. The number of carbonyl (C=O) groups is 1. The van der Waals surface area contributed by atoms with E-state index in [1.54, 1.807) is 7.05 Å². The summed E-state index contributed by atoms with van der Waals surface area (Å²) in [6, 6.07) is 2.43. The summed E-state index contributed by atoms with van der Waals surface area (Å²) in [4.78, 5) is 13.4. The molecular weight excluding hydrogens is 228 g/mol. The van der Waals surface area contributed by atoms with Gasteiger partial charge in [-0.1, -0.05) is 0 Å². The summed E-state index contributed by atoms with van der Waals surface area (Å²) in [7, 11) is 3.71. The molecular formula is C13H24N4O. The molecule has 1 atom stereocenters. The van der Waals surface area contributed by atoms with E-state index >= 15 is 0 Å². The molecule has 0 bridgehead atoms. The largest absolute Gasteiger partial charge is 0.359 e. The molecule has 1 aromatic rings. The van der Waals surface area contributed by atoms with Gasteiger partial charge in [0.2, 0.25) is 5.91 Å². The number of rotatable bonds is 6. The van der Waals surface area contributed by atoms with Crippen LogP contribution in [0.5, 0.6) is 0 Å². The number of hydrogen-bond donors (Lipinski definition) is 1. The second kappa shape index (κ2) is 6.54. The smallest absolute Gasteiger partial charge is 0.221 e. The fraction of sp³-hybridized carbons (Fsp3) is 0.692. The van der Waals surface area contributed by atoms with E-state index in [4.69, 9.17) is 0 Å².